The van der Waals surface area contributed by atoms with Gasteiger partial charge in [-0.15, -0.1) is 0 Å². The molecule has 2 aromatic rings. The van der Waals surface area contributed by atoms with E-state index in [1.807, 2.05) is 25.1 Å². The van der Waals surface area contributed by atoms with Crippen LogP contribution in [-0.2, 0) is 4.84 Å². The summed E-state index contributed by atoms with van der Waals surface area (Å²) in [5.41, 5.74) is 1.84. The van der Waals surface area contributed by atoms with Gasteiger partial charge in [-0.05, 0) is 29.3 Å². The van der Waals surface area contributed by atoms with E-state index in [1.165, 1.54) is 10.8 Å². The number of benzene rings is 2. The zero-order chi connectivity index (χ0) is 12.1. The van der Waals surface area contributed by atoms with Gasteiger partial charge < -0.3 is 9.94 Å². The molecule has 0 radical (unpaired) electrons. The number of nitrogens with zero attached hydrogens (tertiary/aromatic N) is 1. The number of rotatable bonds is 4. The Labute approximate surface area is 100 Å². The van der Waals surface area contributed by atoms with E-state index in [9.17, 15) is 0 Å². The predicted molar refractivity (Wildman–Crippen MR) is 69.2 cm³/mol. The molecule has 0 fully saturated rings. The van der Waals surface area contributed by atoms with Gasteiger partial charge in [0.05, 0.1) is 12.3 Å². The number of fused-ring (bicyclic) bond motifs is 1. The Balaban J connectivity index is 2.26. The minimum absolute atomic E-state index is 0.0193. The second-order valence-corrected chi connectivity index (χ2v) is 3.80. The summed E-state index contributed by atoms with van der Waals surface area (Å²) in [6.45, 7) is 2.10. The lowest BCUT2D eigenvalue weighted by molar-refractivity contribution is 0.0986. The minimum atomic E-state index is -0.0193. The van der Waals surface area contributed by atoms with E-state index in [0.717, 1.165) is 11.3 Å². The van der Waals surface area contributed by atoms with Crippen LogP contribution in [0.3, 0.4) is 0 Å². The second-order valence-electron chi connectivity index (χ2n) is 3.80. The molecule has 0 saturated carbocycles. The fourth-order valence-corrected chi connectivity index (χ4v) is 1.65. The van der Waals surface area contributed by atoms with Crippen molar-refractivity contribution in [1.82, 2.24) is 0 Å². The van der Waals surface area contributed by atoms with Crippen molar-refractivity contribution in [2.45, 2.75) is 6.92 Å². The van der Waals surface area contributed by atoms with Crippen LogP contribution in [0.5, 0.6) is 0 Å². The third-order valence-electron chi connectivity index (χ3n) is 2.55. The van der Waals surface area contributed by atoms with Crippen molar-refractivity contribution in [3.63, 3.8) is 0 Å². The quantitative estimate of drug-likeness (QED) is 0.497. The number of aliphatic hydroxyl groups excluding tert-OH is 1. The maximum atomic E-state index is 8.60. The lowest BCUT2D eigenvalue weighted by Gasteiger charge is -2.03. The molecule has 0 spiro atoms. The largest absolute Gasteiger partial charge is 0.393 e. The lowest BCUT2D eigenvalue weighted by Crippen LogP contribution is -1.99. The maximum absolute atomic E-state index is 8.60. The highest BCUT2D eigenvalue weighted by Crippen LogP contribution is 2.16. The second kappa shape index (κ2) is 5.46. The van der Waals surface area contributed by atoms with Gasteiger partial charge in [0.15, 0.2) is 0 Å². The van der Waals surface area contributed by atoms with Crippen molar-refractivity contribution in [3.05, 3.63) is 48.0 Å². The Bertz CT molecular complexity index is 534. The van der Waals surface area contributed by atoms with Gasteiger partial charge in [0, 0.05) is 0 Å². The zero-order valence-corrected chi connectivity index (χ0v) is 9.76. The van der Waals surface area contributed by atoms with Crippen LogP contribution in [0.4, 0.5) is 0 Å². The van der Waals surface area contributed by atoms with Gasteiger partial charge in [0.2, 0.25) is 0 Å². The van der Waals surface area contributed by atoms with Crippen LogP contribution in [0.15, 0.2) is 47.6 Å². The van der Waals surface area contributed by atoms with Crippen LogP contribution in [0.25, 0.3) is 10.8 Å². The van der Waals surface area contributed by atoms with Gasteiger partial charge in [-0.3, -0.25) is 0 Å². The average Bonchev–Trinajstić information content (AvgIpc) is 2.38. The molecule has 0 aliphatic rings. The maximum Gasteiger partial charge on any atom is 0.140 e. The first-order valence-corrected chi connectivity index (χ1v) is 5.58. The molecule has 3 nitrogen and oxygen atoms in total. The van der Waals surface area contributed by atoms with Crippen LogP contribution >= 0.6 is 0 Å². The van der Waals surface area contributed by atoms with Crippen LogP contribution < -0.4 is 0 Å². The van der Waals surface area contributed by atoms with Crippen molar-refractivity contribution >= 4 is 16.5 Å². The van der Waals surface area contributed by atoms with Crippen LogP contribution in [0.2, 0.25) is 0 Å². The van der Waals surface area contributed by atoms with Crippen LogP contribution in [-0.4, -0.2) is 24.0 Å². The first kappa shape index (κ1) is 11.6. The van der Waals surface area contributed by atoms with E-state index in [2.05, 4.69) is 29.4 Å². The number of hydrogen-bond acceptors (Lipinski definition) is 3. The van der Waals surface area contributed by atoms with E-state index >= 15 is 0 Å². The summed E-state index contributed by atoms with van der Waals surface area (Å²) in [5, 5.41) is 14.9. The molecule has 2 aromatic carbocycles. The highest BCUT2D eigenvalue weighted by molar-refractivity contribution is 6.01. The number of hydrogen-bond donors (Lipinski definition) is 1. The Morgan fingerprint density at radius 3 is 2.71 bits per heavy atom. The molecular formula is C14H15NO2. The van der Waals surface area contributed by atoms with Gasteiger partial charge in [-0.2, -0.15) is 0 Å². The normalized spacial score (nSPS) is 11.8. The van der Waals surface area contributed by atoms with Gasteiger partial charge in [-0.1, -0.05) is 41.6 Å². The Kier molecular flexibility index (Phi) is 3.73. The first-order valence-electron chi connectivity index (χ1n) is 5.58. The van der Waals surface area contributed by atoms with Crippen molar-refractivity contribution in [2.24, 2.45) is 5.16 Å². The Morgan fingerprint density at radius 2 is 1.94 bits per heavy atom. The Morgan fingerprint density at radius 1 is 1.18 bits per heavy atom. The minimum Gasteiger partial charge on any atom is -0.393 e. The summed E-state index contributed by atoms with van der Waals surface area (Å²) in [6.07, 6.45) is 0. The predicted octanol–water partition coefficient (Wildman–Crippen LogP) is 2.57. The molecule has 17 heavy (non-hydrogen) atoms. The first-order chi connectivity index (χ1) is 8.31. The zero-order valence-electron chi connectivity index (χ0n) is 9.76. The molecule has 88 valence electrons. The molecule has 3 heteroatoms. The van der Waals surface area contributed by atoms with Crippen LogP contribution in [0.1, 0.15) is 12.5 Å². The SMILES string of the molecule is C/C(=N/OCCO)c1ccc2ccccc2c1. The molecule has 0 aromatic heterocycles. The van der Waals surface area contributed by atoms with E-state index in [0.29, 0.717) is 0 Å². The van der Waals surface area contributed by atoms with Gasteiger partial charge in [0.25, 0.3) is 0 Å². The van der Waals surface area contributed by atoms with E-state index in [-0.39, 0.29) is 13.2 Å². The molecule has 0 amide bonds. The molecular weight excluding hydrogens is 214 g/mol. The molecule has 0 unspecified atom stereocenters. The van der Waals surface area contributed by atoms with Gasteiger partial charge in [-0.25, -0.2) is 0 Å². The summed E-state index contributed by atoms with van der Waals surface area (Å²) in [5.74, 6) is 0. The highest BCUT2D eigenvalue weighted by atomic mass is 16.6. The van der Waals surface area contributed by atoms with Gasteiger partial charge >= 0.3 is 0 Å². The molecule has 0 aliphatic carbocycles. The lowest BCUT2D eigenvalue weighted by atomic mass is 10.0. The Hall–Kier alpha value is -1.87. The smallest absolute Gasteiger partial charge is 0.140 e. The molecule has 0 heterocycles. The summed E-state index contributed by atoms with van der Waals surface area (Å²) in [7, 11) is 0. The summed E-state index contributed by atoms with van der Waals surface area (Å²) < 4.78 is 0. The summed E-state index contributed by atoms with van der Waals surface area (Å²) in [4.78, 5) is 4.95. The molecule has 0 bridgehead atoms. The topological polar surface area (TPSA) is 41.8 Å². The third-order valence-corrected chi connectivity index (χ3v) is 2.55. The van der Waals surface area contributed by atoms with Crippen molar-refractivity contribution in [3.8, 4) is 0 Å². The van der Waals surface area contributed by atoms with Crippen molar-refractivity contribution < 1.29 is 9.94 Å². The van der Waals surface area contributed by atoms with E-state index in [1.54, 1.807) is 0 Å². The van der Waals surface area contributed by atoms with Crippen LogP contribution in [0, 0.1) is 0 Å². The molecule has 0 saturated heterocycles. The highest BCUT2D eigenvalue weighted by Gasteiger charge is 1.99. The van der Waals surface area contributed by atoms with E-state index in [4.69, 9.17) is 9.94 Å². The molecule has 1 N–H and O–H groups in total. The molecule has 0 aliphatic heterocycles. The molecule has 0 atom stereocenters. The summed E-state index contributed by atoms with van der Waals surface area (Å²) in [6, 6.07) is 14.3. The number of aliphatic hydroxyl groups is 1. The fraction of sp³-hybridized carbons (Fsp3) is 0.214. The van der Waals surface area contributed by atoms with Gasteiger partial charge in [0.1, 0.15) is 6.61 Å². The monoisotopic (exact) mass is 229 g/mol. The number of oxime groups is 1. The van der Waals surface area contributed by atoms with E-state index < -0.39 is 0 Å². The fourth-order valence-electron chi connectivity index (χ4n) is 1.65. The third kappa shape index (κ3) is 2.82. The standard InChI is InChI=1S/C14H15NO2/c1-11(15-17-9-8-16)13-7-6-12-4-2-3-5-14(12)10-13/h2-7,10,16H,8-9H2,1H3/b15-11-. The van der Waals surface area contributed by atoms with Crippen molar-refractivity contribution in [1.29, 1.82) is 0 Å². The summed E-state index contributed by atoms with van der Waals surface area (Å²) >= 11 is 0. The average molecular weight is 229 g/mol. The molecule has 2 rings (SSSR count). The van der Waals surface area contributed by atoms with Crippen molar-refractivity contribution in [2.75, 3.05) is 13.2 Å².